The van der Waals surface area contributed by atoms with Crippen LogP contribution >= 0.6 is 0 Å². The van der Waals surface area contributed by atoms with Gasteiger partial charge in [-0.2, -0.15) is 0 Å². The summed E-state index contributed by atoms with van der Waals surface area (Å²) in [5.74, 6) is 0. The number of ether oxygens (including phenoxy) is 1. The number of aliphatic hydroxyl groups is 2. The molecule has 0 radical (unpaired) electrons. The molecule has 7 saturated heterocycles. The maximum atomic E-state index is 12.4. The molecule has 7 aliphatic heterocycles. The zero-order chi connectivity index (χ0) is 35.8. The van der Waals surface area contributed by atoms with E-state index in [4.69, 9.17) is 4.74 Å². The Morgan fingerprint density at radius 3 is 1.19 bits per heavy atom. The van der Waals surface area contributed by atoms with Crippen molar-refractivity contribution in [2.45, 2.75) is 75.1 Å². The lowest BCUT2D eigenvalue weighted by Gasteiger charge is -2.60. The van der Waals surface area contributed by atoms with Crippen LogP contribution in [-0.4, -0.2) is 84.8 Å². The molecule has 0 aromatic heterocycles. The number of piperidine rings is 6. The molecule has 290 valence electrons. The molecule has 1 atom stereocenters. The second-order valence-corrected chi connectivity index (χ2v) is 17.4. The molecule has 7 heterocycles. The van der Waals surface area contributed by atoms with Crippen molar-refractivity contribution in [3.05, 3.63) is 144 Å². The van der Waals surface area contributed by atoms with E-state index in [9.17, 15) is 10.2 Å². The average molecular weight is 861 g/mol. The fourth-order valence-electron chi connectivity index (χ4n) is 11.2. The van der Waals surface area contributed by atoms with Gasteiger partial charge in [-0.15, -0.1) is 0 Å². The molecule has 7 aliphatic rings. The van der Waals surface area contributed by atoms with Gasteiger partial charge in [0, 0.05) is 56.0 Å². The highest BCUT2D eigenvalue weighted by Gasteiger charge is 2.61. The summed E-state index contributed by atoms with van der Waals surface area (Å²) in [6, 6.07) is 41.4. The summed E-state index contributed by atoms with van der Waals surface area (Å²) < 4.78 is 8.47. The van der Waals surface area contributed by atoms with E-state index >= 15 is 0 Å². The van der Waals surface area contributed by atoms with E-state index in [0.717, 1.165) is 67.4 Å². The number of halogens is 2. The largest absolute Gasteiger partial charge is 1.00 e. The molecular weight excluding hydrogens is 800 g/mol. The number of hydrogen-bond donors (Lipinski definition) is 2. The average Bonchev–Trinajstić information content (AvgIpc) is 3.23. The summed E-state index contributed by atoms with van der Waals surface area (Å²) >= 11 is 0. The van der Waals surface area contributed by atoms with E-state index in [0.29, 0.717) is 6.10 Å². The summed E-state index contributed by atoms with van der Waals surface area (Å²) in [6.07, 6.45) is 10.8. The highest BCUT2D eigenvalue weighted by Crippen LogP contribution is 2.58. The van der Waals surface area contributed by atoms with Crippen LogP contribution in [0.25, 0.3) is 0 Å². The standard InChI is InChI=1S/C26H34NO2.C21H26NO.2BrH/c28-26(22-9-3-1-4-10-22,23-11-5-2-6-12-23)25-14-17-27(18-15-25,19-16-25)21-24-13-7-8-20-29-24;1-22-15-12-20(13-16-22,14-17-22)21(23,18-8-4-2-5-9-18)19-10-6-3-7-11-19;;/h1-6,9-12,24,28H,7-8,13-21H2;2-11,23H,12-17H2,1H3;2*1H/q2*+1;;/p-2. The van der Waals surface area contributed by atoms with Gasteiger partial charge in [-0.25, -0.2) is 0 Å². The first-order valence-electron chi connectivity index (χ1n) is 20.2. The number of benzene rings is 4. The lowest BCUT2D eigenvalue weighted by Crippen LogP contribution is -3.00. The molecule has 54 heavy (non-hydrogen) atoms. The lowest BCUT2D eigenvalue weighted by molar-refractivity contribution is -0.949. The first-order valence-corrected chi connectivity index (χ1v) is 20.2. The first-order chi connectivity index (χ1) is 25.2. The molecule has 2 N–H and O–H groups in total. The maximum absolute atomic E-state index is 12.4. The lowest BCUT2D eigenvalue weighted by atomic mass is 9.56. The topological polar surface area (TPSA) is 49.7 Å². The summed E-state index contributed by atoms with van der Waals surface area (Å²) in [5.41, 5.74) is 2.25. The van der Waals surface area contributed by atoms with E-state index < -0.39 is 11.2 Å². The van der Waals surface area contributed by atoms with E-state index in [1.165, 1.54) is 74.0 Å². The Bertz CT molecular complexity index is 1640. The predicted molar refractivity (Wildman–Crippen MR) is 208 cm³/mol. The van der Waals surface area contributed by atoms with Gasteiger partial charge < -0.3 is 57.9 Å². The van der Waals surface area contributed by atoms with Crippen LogP contribution in [0.2, 0.25) is 0 Å². The number of fused-ring (bicyclic) bond motifs is 6. The zero-order valence-electron chi connectivity index (χ0n) is 32.1. The van der Waals surface area contributed by atoms with Crippen LogP contribution in [0.3, 0.4) is 0 Å². The minimum absolute atomic E-state index is 0. The number of nitrogens with zero attached hydrogens (tertiary/aromatic N) is 2. The highest BCUT2D eigenvalue weighted by molar-refractivity contribution is 5.41. The van der Waals surface area contributed by atoms with Crippen LogP contribution in [0.1, 0.15) is 80.0 Å². The van der Waals surface area contributed by atoms with Crippen molar-refractivity contribution in [2.24, 2.45) is 10.8 Å². The van der Waals surface area contributed by atoms with Gasteiger partial charge in [0.1, 0.15) is 23.9 Å². The van der Waals surface area contributed by atoms with E-state index in [1.807, 2.05) is 48.5 Å². The van der Waals surface area contributed by atoms with E-state index in [1.54, 1.807) is 0 Å². The van der Waals surface area contributed by atoms with Crippen LogP contribution in [0, 0.1) is 10.8 Å². The first kappa shape index (κ1) is 41.3. The Labute approximate surface area is 345 Å². The predicted octanol–water partition coefficient (Wildman–Crippen LogP) is 2.05. The Kier molecular flexibility index (Phi) is 12.7. The Hall–Kier alpha value is -2.36. The van der Waals surface area contributed by atoms with Crippen molar-refractivity contribution < 1.29 is 57.9 Å². The third kappa shape index (κ3) is 7.32. The molecule has 4 aromatic carbocycles. The van der Waals surface area contributed by atoms with Crippen molar-refractivity contribution in [3.63, 3.8) is 0 Å². The normalized spacial score (nSPS) is 30.2. The van der Waals surface area contributed by atoms with Crippen molar-refractivity contribution in [3.8, 4) is 0 Å². The summed E-state index contributed by atoms with van der Waals surface area (Å²) in [6.45, 7) is 9.17. The number of rotatable bonds is 8. The molecule has 0 amide bonds. The third-order valence-corrected chi connectivity index (χ3v) is 14.8. The van der Waals surface area contributed by atoms with Gasteiger partial charge in [0.25, 0.3) is 0 Å². The van der Waals surface area contributed by atoms with Crippen LogP contribution in [0.15, 0.2) is 121 Å². The third-order valence-electron chi connectivity index (χ3n) is 14.8. The van der Waals surface area contributed by atoms with Gasteiger partial charge in [0.2, 0.25) is 0 Å². The Balaban J connectivity index is 0.000000182. The van der Waals surface area contributed by atoms with Crippen LogP contribution in [0.4, 0.5) is 0 Å². The Morgan fingerprint density at radius 1 is 0.537 bits per heavy atom. The van der Waals surface area contributed by atoms with Crippen LogP contribution in [-0.2, 0) is 15.9 Å². The van der Waals surface area contributed by atoms with Gasteiger partial charge in [-0.1, -0.05) is 121 Å². The fourth-order valence-corrected chi connectivity index (χ4v) is 11.2. The molecule has 4 aromatic rings. The van der Waals surface area contributed by atoms with E-state index in [-0.39, 0.29) is 44.8 Å². The summed E-state index contributed by atoms with van der Waals surface area (Å²) in [5, 5.41) is 24.6. The molecule has 1 unspecified atom stereocenters. The van der Waals surface area contributed by atoms with Crippen LogP contribution in [0.5, 0.6) is 0 Å². The zero-order valence-corrected chi connectivity index (χ0v) is 35.3. The van der Waals surface area contributed by atoms with Crippen LogP contribution < -0.4 is 34.0 Å². The molecule has 0 spiro atoms. The highest BCUT2D eigenvalue weighted by atomic mass is 79.9. The molecule has 0 aliphatic carbocycles. The number of quaternary nitrogens is 2. The van der Waals surface area contributed by atoms with Crippen molar-refractivity contribution in [1.29, 1.82) is 0 Å². The van der Waals surface area contributed by atoms with Crippen molar-refractivity contribution >= 4 is 0 Å². The fraction of sp³-hybridized carbons (Fsp3) is 0.489. The molecular formula is C47H60Br2N2O3. The van der Waals surface area contributed by atoms with Gasteiger partial charge >= 0.3 is 0 Å². The molecule has 5 nitrogen and oxygen atoms in total. The second-order valence-electron chi connectivity index (χ2n) is 17.4. The molecule has 7 fully saturated rings. The van der Waals surface area contributed by atoms with Crippen molar-refractivity contribution in [2.75, 3.05) is 59.5 Å². The summed E-state index contributed by atoms with van der Waals surface area (Å²) in [7, 11) is 2.37. The molecule has 0 saturated carbocycles. The maximum Gasteiger partial charge on any atom is 0.121 e. The monoisotopic (exact) mass is 858 g/mol. The van der Waals surface area contributed by atoms with E-state index in [2.05, 4.69) is 79.8 Å². The smallest absolute Gasteiger partial charge is 0.121 e. The summed E-state index contributed by atoms with van der Waals surface area (Å²) in [4.78, 5) is 0. The van der Waals surface area contributed by atoms with Gasteiger partial charge in [-0.3, -0.25) is 0 Å². The van der Waals surface area contributed by atoms with Gasteiger partial charge in [0.15, 0.2) is 0 Å². The second kappa shape index (κ2) is 16.6. The molecule has 7 heteroatoms. The number of hydrogen-bond acceptors (Lipinski definition) is 3. The molecule has 4 bridgehead atoms. The Morgan fingerprint density at radius 2 is 0.870 bits per heavy atom. The molecule has 11 rings (SSSR count). The van der Waals surface area contributed by atoms with Gasteiger partial charge in [-0.05, 0) is 41.5 Å². The quantitative estimate of drug-likeness (QED) is 0.267. The van der Waals surface area contributed by atoms with Crippen molar-refractivity contribution in [1.82, 2.24) is 0 Å². The minimum atomic E-state index is -0.923. The minimum Gasteiger partial charge on any atom is -1.00 e. The van der Waals surface area contributed by atoms with Gasteiger partial charge in [0.05, 0.1) is 46.3 Å². The SMILES string of the molecule is C[N+]12CCC(C(O)(c3ccccc3)c3ccccc3)(CC1)CC2.OC(c1ccccc1)(c1ccccc1)C12CC[N+](CC3CCCCO3)(CC1)CC2.[Br-].[Br-].